The molecule has 0 aromatic heterocycles. The van der Waals surface area contributed by atoms with Crippen molar-refractivity contribution < 1.29 is 9.84 Å². The van der Waals surface area contributed by atoms with Crippen LogP contribution in [0.2, 0.25) is 0 Å². The summed E-state index contributed by atoms with van der Waals surface area (Å²) in [5, 5.41) is 18.1. The molecule has 0 fully saturated rings. The van der Waals surface area contributed by atoms with Gasteiger partial charge in [-0.3, -0.25) is 0 Å². The van der Waals surface area contributed by atoms with Crippen molar-refractivity contribution in [2.75, 3.05) is 24.9 Å². The van der Waals surface area contributed by atoms with E-state index >= 15 is 0 Å². The quantitative estimate of drug-likeness (QED) is 0.373. The number of unbranched alkanes of at least 4 members (excludes halogenated alkanes) is 1. The lowest BCUT2D eigenvalue weighted by Gasteiger charge is -2.21. The van der Waals surface area contributed by atoms with Gasteiger partial charge in [-0.05, 0) is 12.8 Å². The van der Waals surface area contributed by atoms with Gasteiger partial charge in [-0.15, -0.1) is 0 Å². The first kappa shape index (κ1) is 16.1. The standard InChI is InChI=1S/C11H21NO2S2/c1-3-5-6-15-16-10-14-9-11(4-2,7-12)8-13/h13H,3-6,8-10H2,1-2H3. The van der Waals surface area contributed by atoms with Gasteiger partial charge in [0.15, 0.2) is 0 Å². The number of nitrogens with zero attached hydrogens (tertiary/aromatic N) is 1. The third kappa shape index (κ3) is 6.64. The first-order chi connectivity index (χ1) is 7.74. The SMILES string of the molecule is CCCCSSCOCC(C#N)(CC)CO. The molecular weight excluding hydrogens is 242 g/mol. The summed E-state index contributed by atoms with van der Waals surface area (Å²) in [6, 6.07) is 2.14. The van der Waals surface area contributed by atoms with E-state index < -0.39 is 5.41 Å². The lowest BCUT2D eigenvalue weighted by molar-refractivity contribution is 0.0586. The molecule has 5 heteroatoms. The van der Waals surface area contributed by atoms with E-state index in [0.29, 0.717) is 19.0 Å². The smallest absolute Gasteiger partial charge is 0.103 e. The molecule has 16 heavy (non-hydrogen) atoms. The van der Waals surface area contributed by atoms with Gasteiger partial charge in [0.1, 0.15) is 11.4 Å². The molecule has 0 saturated carbocycles. The zero-order chi connectivity index (χ0) is 12.3. The molecule has 0 bridgehead atoms. The molecule has 0 spiro atoms. The Bertz CT molecular complexity index is 203. The highest BCUT2D eigenvalue weighted by atomic mass is 33.1. The molecular formula is C11H21NO2S2. The Morgan fingerprint density at radius 3 is 2.62 bits per heavy atom. The molecule has 0 heterocycles. The number of rotatable bonds is 10. The fraction of sp³-hybridized carbons (Fsp3) is 0.909. The Hall–Kier alpha value is 0.110. The first-order valence-electron chi connectivity index (χ1n) is 5.59. The number of aliphatic hydroxyl groups excluding tert-OH is 1. The average Bonchev–Trinajstić information content (AvgIpc) is 2.34. The van der Waals surface area contributed by atoms with Crippen LogP contribution in [0.15, 0.2) is 0 Å². The number of hydrogen-bond acceptors (Lipinski definition) is 5. The molecule has 1 N–H and O–H groups in total. The van der Waals surface area contributed by atoms with Crippen LogP contribution in [0, 0.1) is 16.7 Å². The van der Waals surface area contributed by atoms with E-state index in [9.17, 15) is 0 Å². The largest absolute Gasteiger partial charge is 0.395 e. The van der Waals surface area contributed by atoms with Crippen molar-refractivity contribution in [1.29, 1.82) is 5.26 Å². The Balaban J connectivity index is 3.53. The molecule has 0 aliphatic heterocycles. The second-order valence-electron chi connectivity index (χ2n) is 3.66. The third-order valence-electron chi connectivity index (χ3n) is 2.39. The van der Waals surface area contributed by atoms with Crippen LogP contribution >= 0.6 is 21.6 Å². The maximum absolute atomic E-state index is 9.13. The molecule has 0 aromatic rings. The van der Waals surface area contributed by atoms with Crippen molar-refractivity contribution in [3.05, 3.63) is 0 Å². The van der Waals surface area contributed by atoms with Crippen LogP contribution in [0.25, 0.3) is 0 Å². The van der Waals surface area contributed by atoms with E-state index in [4.69, 9.17) is 15.1 Å². The van der Waals surface area contributed by atoms with Crippen LogP contribution in [0.1, 0.15) is 33.1 Å². The lowest BCUT2D eigenvalue weighted by Crippen LogP contribution is -2.28. The van der Waals surface area contributed by atoms with Crippen molar-refractivity contribution in [3.63, 3.8) is 0 Å². The Labute approximate surface area is 106 Å². The van der Waals surface area contributed by atoms with Crippen molar-refractivity contribution in [1.82, 2.24) is 0 Å². The predicted octanol–water partition coefficient (Wildman–Crippen LogP) is 3.05. The number of hydrogen-bond donors (Lipinski definition) is 1. The minimum absolute atomic E-state index is 0.131. The fourth-order valence-electron chi connectivity index (χ4n) is 0.973. The highest BCUT2D eigenvalue weighted by Gasteiger charge is 2.27. The highest BCUT2D eigenvalue weighted by molar-refractivity contribution is 8.76. The van der Waals surface area contributed by atoms with Crippen molar-refractivity contribution in [2.24, 2.45) is 5.41 Å². The average molecular weight is 263 g/mol. The van der Waals surface area contributed by atoms with E-state index in [0.717, 1.165) is 5.75 Å². The van der Waals surface area contributed by atoms with Gasteiger partial charge in [-0.25, -0.2) is 0 Å². The lowest BCUT2D eigenvalue weighted by atomic mass is 9.89. The Kier molecular flexibility index (Phi) is 10.3. The van der Waals surface area contributed by atoms with Crippen molar-refractivity contribution >= 4 is 21.6 Å². The van der Waals surface area contributed by atoms with Gasteiger partial charge in [-0.2, -0.15) is 5.26 Å². The molecule has 0 radical (unpaired) electrons. The van der Waals surface area contributed by atoms with Crippen LogP contribution in [0.3, 0.4) is 0 Å². The summed E-state index contributed by atoms with van der Waals surface area (Å²) in [6.45, 7) is 4.25. The maximum atomic E-state index is 9.13. The highest BCUT2D eigenvalue weighted by Crippen LogP contribution is 2.25. The predicted molar refractivity (Wildman–Crippen MR) is 71.2 cm³/mol. The van der Waals surface area contributed by atoms with Crippen LogP contribution in [0.5, 0.6) is 0 Å². The van der Waals surface area contributed by atoms with Crippen molar-refractivity contribution in [2.45, 2.75) is 33.1 Å². The topological polar surface area (TPSA) is 53.2 Å². The number of nitriles is 1. The van der Waals surface area contributed by atoms with Gasteiger partial charge >= 0.3 is 0 Å². The normalized spacial score (nSPS) is 14.4. The minimum Gasteiger partial charge on any atom is -0.395 e. The van der Waals surface area contributed by atoms with E-state index in [1.807, 2.05) is 6.92 Å². The van der Waals surface area contributed by atoms with E-state index in [2.05, 4.69) is 13.0 Å². The number of aliphatic hydroxyl groups is 1. The molecule has 0 amide bonds. The molecule has 0 aliphatic carbocycles. The molecule has 0 aliphatic rings. The van der Waals surface area contributed by atoms with Gasteiger partial charge in [0.2, 0.25) is 0 Å². The molecule has 1 atom stereocenters. The third-order valence-corrected chi connectivity index (χ3v) is 4.56. The second kappa shape index (κ2) is 10.3. The van der Waals surface area contributed by atoms with Crippen molar-refractivity contribution in [3.8, 4) is 6.07 Å². The summed E-state index contributed by atoms with van der Waals surface area (Å²) in [7, 11) is 3.47. The Morgan fingerprint density at radius 1 is 1.38 bits per heavy atom. The van der Waals surface area contributed by atoms with Crippen LogP contribution in [-0.2, 0) is 4.74 Å². The summed E-state index contributed by atoms with van der Waals surface area (Å²) >= 11 is 0. The zero-order valence-electron chi connectivity index (χ0n) is 10.1. The molecule has 1 unspecified atom stereocenters. The fourth-order valence-corrected chi connectivity index (χ4v) is 2.83. The van der Waals surface area contributed by atoms with Crippen LogP contribution in [0.4, 0.5) is 0 Å². The Morgan fingerprint density at radius 2 is 2.12 bits per heavy atom. The minimum atomic E-state index is -0.714. The summed E-state index contributed by atoms with van der Waals surface area (Å²) in [6.07, 6.45) is 3.06. The zero-order valence-corrected chi connectivity index (χ0v) is 11.7. The van der Waals surface area contributed by atoms with E-state index in [1.54, 1.807) is 21.6 Å². The molecule has 0 saturated heterocycles. The van der Waals surface area contributed by atoms with Gasteiger partial charge in [0.05, 0.1) is 19.3 Å². The number of ether oxygens (including phenoxy) is 1. The summed E-state index contributed by atoms with van der Waals surface area (Å²) in [5.41, 5.74) is -0.714. The van der Waals surface area contributed by atoms with E-state index in [1.165, 1.54) is 12.8 Å². The molecule has 94 valence electrons. The summed E-state index contributed by atoms with van der Waals surface area (Å²) in [4.78, 5) is 0. The molecule has 0 rings (SSSR count). The van der Waals surface area contributed by atoms with Gasteiger partial charge in [0.25, 0.3) is 0 Å². The second-order valence-corrected chi connectivity index (χ2v) is 6.19. The van der Waals surface area contributed by atoms with Crippen LogP contribution < -0.4 is 0 Å². The van der Waals surface area contributed by atoms with Gasteiger partial charge < -0.3 is 9.84 Å². The molecule has 3 nitrogen and oxygen atoms in total. The summed E-state index contributed by atoms with van der Waals surface area (Å²) < 4.78 is 5.41. The van der Waals surface area contributed by atoms with Crippen LogP contribution in [-0.4, -0.2) is 30.0 Å². The summed E-state index contributed by atoms with van der Waals surface area (Å²) in [5.74, 6) is 1.72. The molecule has 0 aromatic carbocycles. The first-order valence-corrected chi connectivity index (χ1v) is 8.07. The van der Waals surface area contributed by atoms with E-state index in [-0.39, 0.29) is 6.61 Å². The maximum Gasteiger partial charge on any atom is 0.103 e. The van der Waals surface area contributed by atoms with Gasteiger partial charge in [-0.1, -0.05) is 41.9 Å². The van der Waals surface area contributed by atoms with Gasteiger partial charge in [0, 0.05) is 5.75 Å². The monoisotopic (exact) mass is 263 g/mol.